The minimum Gasteiger partial charge on any atom is -0.390 e. The first-order valence-electron chi connectivity index (χ1n) is 9.87. The fourth-order valence-corrected chi connectivity index (χ4v) is 7.58. The molecule has 22 heavy (non-hydrogen) atoms. The molecule has 0 aromatic carbocycles. The van der Waals surface area contributed by atoms with Crippen LogP contribution in [0.25, 0.3) is 0 Å². The van der Waals surface area contributed by atoms with Crippen molar-refractivity contribution in [2.75, 3.05) is 6.54 Å². The van der Waals surface area contributed by atoms with Crippen LogP contribution in [0.1, 0.15) is 71.6 Å². The Hall–Kier alpha value is -0.0800. The zero-order chi connectivity index (χ0) is 15.5. The molecule has 0 aromatic rings. The first-order valence-corrected chi connectivity index (χ1v) is 9.87. The van der Waals surface area contributed by atoms with Crippen molar-refractivity contribution in [1.29, 1.82) is 0 Å². The average molecular weight is 306 g/mol. The lowest BCUT2D eigenvalue weighted by atomic mass is 9.49. The van der Waals surface area contributed by atoms with Gasteiger partial charge in [0, 0.05) is 0 Å². The maximum absolute atomic E-state index is 10.5. The third-order valence-electron chi connectivity index (χ3n) is 8.72. The Balaban J connectivity index is 1.54. The zero-order valence-corrected chi connectivity index (χ0v) is 14.6. The van der Waals surface area contributed by atoms with E-state index in [1.165, 1.54) is 44.9 Å². The van der Waals surface area contributed by atoms with Crippen molar-refractivity contribution < 1.29 is 5.11 Å². The smallest absolute Gasteiger partial charge is 0.0622 e. The summed E-state index contributed by atoms with van der Waals surface area (Å²) < 4.78 is 0. The van der Waals surface area contributed by atoms with Crippen molar-refractivity contribution in [3.63, 3.8) is 0 Å². The van der Waals surface area contributed by atoms with Crippen LogP contribution >= 0.6 is 0 Å². The summed E-state index contributed by atoms with van der Waals surface area (Å²) in [6, 6.07) is 0. The highest BCUT2D eigenvalue weighted by atomic mass is 16.3. The third kappa shape index (κ3) is 2.20. The van der Waals surface area contributed by atoms with Gasteiger partial charge in [-0.05, 0) is 112 Å². The average Bonchev–Trinajstić information content (AvgIpc) is 2.82. The lowest BCUT2D eigenvalue weighted by Gasteiger charge is -2.57. The topological polar surface area (TPSA) is 46.2 Å². The predicted molar refractivity (Wildman–Crippen MR) is 90.3 cm³/mol. The summed E-state index contributed by atoms with van der Waals surface area (Å²) >= 11 is 0. The van der Waals surface area contributed by atoms with E-state index in [1.54, 1.807) is 0 Å². The van der Waals surface area contributed by atoms with E-state index in [4.69, 9.17) is 5.73 Å². The van der Waals surface area contributed by atoms with Gasteiger partial charge in [-0.2, -0.15) is 0 Å². The molecule has 0 bridgehead atoms. The van der Waals surface area contributed by atoms with Gasteiger partial charge in [0.05, 0.1) is 5.60 Å². The largest absolute Gasteiger partial charge is 0.390 e. The van der Waals surface area contributed by atoms with Crippen LogP contribution in [0.5, 0.6) is 0 Å². The first-order chi connectivity index (χ1) is 10.4. The van der Waals surface area contributed by atoms with Gasteiger partial charge in [0.2, 0.25) is 0 Å². The molecule has 0 heterocycles. The number of aliphatic hydroxyl groups is 1. The molecule has 4 saturated carbocycles. The number of nitrogens with two attached hydrogens (primary N) is 1. The normalized spacial score (nSPS) is 57.8. The highest BCUT2D eigenvalue weighted by Crippen LogP contribution is 2.64. The molecule has 2 heteroatoms. The molecular formula is C20H35NO. The fraction of sp³-hybridized carbons (Fsp3) is 1.00. The second-order valence-electron chi connectivity index (χ2n) is 9.73. The van der Waals surface area contributed by atoms with E-state index in [0.717, 1.165) is 54.9 Å². The van der Waals surface area contributed by atoms with Crippen molar-refractivity contribution >= 4 is 0 Å². The molecule has 0 unspecified atom stereocenters. The van der Waals surface area contributed by atoms with Crippen LogP contribution in [0, 0.1) is 40.9 Å². The Morgan fingerprint density at radius 1 is 0.909 bits per heavy atom. The SMILES string of the molecule is C[C@@]1(O)CC[C@H]2[C@H](CC[C@@H]3[C@@H]2CC[C@]2(C)[C@@H](CN)CC[C@@H]32)C1. The zero-order valence-electron chi connectivity index (χ0n) is 14.6. The Bertz CT molecular complexity index is 433. The van der Waals surface area contributed by atoms with E-state index in [-0.39, 0.29) is 5.60 Å². The second kappa shape index (κ2) is 5.21. The third-order valence-corrected chi connectivity index (χ3v) is 8.72. The van der Waals surface area contributed by atoms with Crippen LogP contribution in [-0.2, 0) is 0 Å². The number of hydrogen-bond donors (Lipinski definition) is 2. The lowest BCUT2D eigenvalue weighted by molar-refractivity contribution is -0.0990. The van der Waals surface area contributed by atoms with Crippen molar-refractivity contribution in [2.24, 2.45) is 46.7 Å². The van der Waals surface area contributed by atoms with E-state index >= 15 is 0 Å². The van der Waals surface area contributed by atoms with Crippen LogP contribution in [0.3, 0.4) is 0 Å². The molecule has 0 radical (unpaired) electrons. The quantitative estimate of drug-likeness (QED) is 0.770. The summed E-state index contributed by atoms with van der Waals surface area (Å²) in [5.74, 6) is 5.39. The van der Waals surface area contributed by atoms with E-state index in [0.29, 0.717) is 5.41 Å². The Labute approximate surface area is 136 Å². The summed E-state index contributed by atoms with van der Waals surface area (Å²) in [7, 11) is 0. The number of rotatable bonds is 1. The maximum Gasteiger partial charge on any atom is 0.0622 e. The number of fused-ring (bicyclic) bond motifs is 5. The molecule has 4 aliphatic rings. The Morgan fingerprint density at radius 3 is 2.45 bits per heavy atom. The van der Waals surface area contributed by atoms with Gasteiger partial charge in [-0.3, -0.25) is 0 Å². The summed E-state index contributed by atoms with van der Waals surface area (Å²) in [5.41, 5.74) is 6.27. The summed E-state index contributed by atoms with van der Waals surface area (Å²) in [6.45, 7) is 5.53. The Morgan fingerprint density at radius 2 is 1.68 bits per heavy atom. The Kier molecular flexibility index (Phi) is 3.66. The van der Waals surface area contributed by atoms with Crippen LogP contribution in [0.4, 0.5) is 0 Å². The van der Waals surface area contributed by atoms with E-state index in [1.807, 2.05) is 0 Å². The molecule has 3 N–H and O–H groups in total. The molecule has 4 rings (SSSR count). The van der Waals surface area contributed by atoms with Gasteiger partial charge in [0.1, 0.15) is 0 Å². The van der Waals surface area contributed by atoms with Gasteiger partial charge < -0.3 is 10.8 Å². The molecule has 8 atom stereocenters. The molecular weight excluding hydrogens is 270 g/mol. The van der Waals surface area contributed by atoms with Crippen LogP contribution in [0.15, 0.2) is 0 Å². The first kappa shape index (κ1) is 15.4. The van der Waals surface area contributed by atoms with Crippen LogP contribution < -0.4 is 5.73 Å². The molecule has 2 nitrogen and oxygen atoms in total. The monoisotopic (exact) mass is 305 g/mol. The molecule has 0 amide bonds. The number of hydrogen-bond acceptors (Lipinski definition) is 2. The van der Waals surface area contributed by atoms with E-state index in [2.05, 4.69) is 13.8 Å². The van der Waals surface area contributed by atoms with Gasteiger partial charge in [0.15, 0.2) is 0 Å². The minimum absolute atomic E-state index is 0.380. The van der Waals surface area contributed by atoms with Crippen molar-refractivity contribution in [3.05, 3.63) is 0 Å². The van der Waals surface area contributed by atoms with Crippen LogP contribution in [0.2, 0.25) is 0 Å². The van der Waals surface area contributed by atoms with Crippen molar-refractivity contribution in [3.8, 4) is 0 Å². The molecule has 126 valence electrons. The van der Waals surface area contributed by atoms with Gasteiger partial charge in [-0.1, -0.05) is 6.92 Å². The molecule has 0 saturated heterocycles. The molecule has 4 aliphatic carbocycles. The van der Waals surface area contributed by atoms with Crippen molar-refractivity contribution in [1.82, 2.24) is 0 Å². The predicted octanol–water partition coefficient (Wildman–Crippen LogP) is 3.96. The van der Waals surface area contributed by atoms with E-state index in [9.17, 15) is 5.11 Å². The highest BCUT2D eigenvalue weighted by molar-refractivity contribution is 5.06. The van der Waals surface area contributed by atoms with Gasteiger partial charge >= 0.3 is 0 Å². The molecule has 0 aliphatic heterocycles. The summed E-state index contributed by atoms with van der Waals surface area (Å²) in [5, 5.41) is 10.5. The standard InChI is InChI=1S/C20H35NO/c1-19(22)9-7-15-13(11-19)3-5-17-16(15)8-10-20(2)14(12-21)4-6-18(17)20/h13-18,22H,3-12,21H2,1-2H3/t13-,14-,15+,16-,17-,18+,19-,20-/m1/s1. The minimum atomic E-state index is -0.380. The summed E-state index contributed by atoms with van der Waals surface area (Å²) in [4.78, 5) is 0. The molecule has 0 spiro atoms. The van der Waals surface area contributed by atoms with Crippen LogP contribution in [-0.4, -0.2) is 17.3 Å². The van der Waals surface area contributed by atoms with Gasteiger partial charge in [-0.25, -0.2) is 0 Å². The molecule has 4 fully saturated rings. The molecule has 0 aromatic heterocycles. The van der Waals surface area contributed by atoms with E-state index < -0.39 is 0 Å². The van der Waals surface area contributed by atoms with Gasteiger partial charge in [-0.15, -0.1) is 0 Å². The lowest BCUT2D eigenvalue weighted by Crippen LogP contribution is -2.50. The summed E-state index contributed by atoms with van der Waals surface area (Å²) in [6.07, 6.45) is 11.9. The van der Waals surface area contributed by atoms with Gasteiger partial charge in [0.25, 0.3) is 0 Å². The maximum atomic E-state index is 10.5. The fourth-order valence-electron chi connectivity index (χ4n) is 7.58. The highest BCUT2D eigenvalue weighted by Gasteiger charge is 2.56. The van der Waals surface area contributed by atoms with Crippen molar-refractivity contribution in [2.45, 2.75) is 77.2 Å². The second-order valence-corrected chi connectivity index (χ2v) is 9.73.